The Morgan fingerprint density at radius 1 is 1.40 bits per heavy atom. The molecule has 2 aliphatic rings. The molecule has 0 aromatic carbocycles. The van der Waals surface area contributed by atoms with Crippen LogP contribution in [0.5, 0.6) is 0 Å². The van der Waals surface area contributed by atoms with Gasteiger partial charge in [-0.1, -0.05) is 13.8 Å². The van der Waals surface area contributed by atoms with Crippen molar-refractivity contribution in [3.05, 3.63) is 29.1 Å². The Morgan fingerprint density at radius 2 is 2.20 bits per heavy atom. The first-order chi connectivity index (χ1) is 9.56. The molecule has 4 heteroatoms. The molecule has 3 rings (SSSR count). The second-order valence-corrected chi connectivity index (χ2v) is 6.45. The van der Waals surface area contributed by atoms with E-state index >= 15 is 0 Å². The van der Waals surface area contributed by atoms with E-state index in [1.165, 1.54) is 12.8 Å². The average Bonchev–Trinajstić information content (AvgIpc) is 2.94. The van der Waals surface area contributed by atoms with Gasteiger partial charge >= 0.3 is 0 Å². The highest BCUT2D eigenvalue weighted by atomic mass is 16.2. The number of fused-ring (bicyclic) bond motifs is 1. The monoisotopic (exact) mass is 273 g/mol. The largest absolute Gasteiger partial charge is 0.332 e. The van der Waals surface area contributed by atoms with Gasteiger partial charge in [-0.2, -0.15) is 0 Å². The zero-order valence-corrected chi connectivity index (χ0v) is 12.6. The standard InChI is InChI=1S/C16H23N3O/c1-11(2)9-19-10-14-12(16(19)20)6-7-13(17-14)15-5-4-8-18(15)3/h6-7,11,15H,4-5,8-10H2,1-3H3. The van der Waals surface area contributed by atoms with E-state index in [-0.39, 0.29) is 5.91 Å². The van der Waals surface area contributed by atoms with Crippen LogP contribution in [0, 0.1) is 5.92 Å². The number of rotatable bonds is 3. The van der Waals surface area contributed by atoms with E-state index in [1.54, 1.807) is 0 Å². The summed E-state index contributed by atoms with van der Waals surface area (Å²) in [6.07, 6.45) is 2.41. The topological polar surface area (TPSA) is 36.4 Å². The number of carbonyl (C=O) groups is 1. The molecule has 0 saturated carbocycles. The van der Waals surface area contributed by atoms with Crippen LogP contribution < -0.4 is 0 Å². The zero-order valence-electron chi connectivity index (χ0n) is 12.6. The fourth-order valence-corrected chi connectivity index (χ4v) is 3.31. The maximum Gasteiger partial charge on any atom is 0.256 e. The van der Waals surface area contributed by atoms with Gasteiger partial charge in [0.05, 0.1) is 29.5 Å². The number of hydrogen-bond acceptors (Lipinski definition) is 3. The number of aromatic nitrogens is 1. The second-order valence-electron chi connectivity index (χ2n) is 6.45. The lowest BCUT2D eigenvalue weighted by Crippen LogP contribution is -2.27. The van der Waals surface area contributed by atoms with E-state index in [1.807, 2.05) is 17.0 Å². The van der Waals surface area contributed by atoms with Crippen molar-refractivity contribution in [1.82, 2.24) is 14.8 Å². The number of likely N-dealkylation sites (tertiary alicyclic amines) is 1. The molecule has 1 fully saturated rings. The predicted molar refractivity (Wildman–Crippen MR) is 78.4 cm³/mol. The van der Waals surface area contributed by atoms with E-state index in [9.17, 15) is 4.79 Å². The van der Waals surface area contributed by atoms with E-state index < -0.39 is 0 Å². The molecule has 4 nitrogen and oxygen atoms in total. The van der Waals surface area contributed by atoms with Crippen molar-refractivity contribution in [2.24, 2.45) is 5.92 Å². The van der Waals surface area contributed by atoms with Gasteiger partial charge in [0.2, 0.25) is 0 Å². The van der Waals surface area contributed by atoms with Crippen molar-refractivity contribution in [2.45, 2.75) is 39.3 Å². The van der Waals surface area contributed by atoms with Crippen LogP contribution in [0.15, 0.2) is 12.1 Å². The summed E-state index contributed by atoms with van der Waals surface area (Å²) < 4.78 is 0. The highest BCUT2D eigenvalue weighted by Crippen LogP contribution is 2.31. The second kappa shape index (κ2) is 5.17. The van der Waals surface area contributed by atoms with Gasteiger partial charge in [0, 0.05) is 6.54 Å². The summed E-state index contributed by atoms with van der Waals surface area (Å²) in [4.78, 5) is 21.4. The molecule has 0 radical (unpaired) electrons. The fourth-order valence-electron chi connectivity index (χ4n) is 3.31. The highest BCUT2D eigenvalue weighted by molar-refractivity contribution is 5.97. The van der Waals surface area contributed by atoms with Crippen molar-refractivity contribution in [2.75, 3.05) is 20.1 Å². The summed E-state index contributed by atoms with van der Waals surface area (Å²) >= 11 is 0. The number of hydrogen-bond donors (Lipinski definition) is 0. The molecular formula is C16H23N3O. The maximum atomic E-state index is 12.3. The Kier molecular flexibility index (Phi) is 3.50. The molecule has 20 heavy (non-hydrogen) atoms. The minimum absolute atomic E-state index is 0.146. The Balaban J connectivity index is 1.84. The van der Waals surface area contributed by atoms with Crippen LogP contribution in [-0.4, -0.2) is 40.8 Å². The minimum atomic E-state index is 0.146. The lowest BCUT2D eigenvalue weighted by Gasteiger charge is -2.19. The quantitative estimate of drug-likeness (QED) is 0.849. The molecule has 1 aromatic heterocycles. The summed E-state index contributed by atoms with van der Waals surface area (Å²) in [6.45, 7) is 6.91. The molecule has 0 bridgehead atoms. The van der Waals surface area contributed by atoms with Crippen molar-refractivity contribution in [3.63, 3.8) is 0 Å². The van der Waals surface area contributed by atoms with Gasteiger partial charge in [-0.05, 0) is 44.5 Å². The summed E-state index contributed by atoms with van der Waals surface area (Å²) in [5.74, 6) is 0.640. The first-order valence-electron chi connectivity index (χ1n) is 7.55. The highest BCUT2D eigenvalue weighted by Gasteiger charge is 2.31. The van der Waals surface area contributed by atoms with Gasteiger partial charge in [0.1, 0.15) is 0 Å². The Labute approximate surface area is 120 Å². The summed E-state index contributed by atoms with van der Waals surface area (Å²) in [6, 6.07) is 4.45. The summed E-state index contributed by atoms with van der Waals surface area (Å²) in [7, 11) is 2.16. The number of carbonyl (C=O) groups excluding carboxylic acids is 1. The van der Waals surface area contributed by atoms with Crippen LogP contribution >= 0.6 is 0 Å². The molecule has 0 aliphatic carbocycles. The van der Waals surface area contributed by atoms with Crippen molar-refractivity contribution >= 4 is 5.91 Å². The smallest absolute Gasteiger partial charge is 0.256 e. The molecule has 1 atom stereocenters. The number of nitrogens with zero attached hydrogens (tertiary/aromatic N) is 3. The van der Waals surface area contributed by atoms with Crippen LogP contribution in [0.2, 0.25) is 0 Å². The molecule has 1 saturated heterocycles. The van der Waals surface area contributed by atoms with Crippen molar-refractivity contribution in [1.29, 1.82) is 0 Å². The Hall–Kier alpha value is -1.42. The third-order valence-electron chi connectivity index (χ3n) is 4.30. The summed E-state index contributed by atoms with van der Waals surface area (Å²) in [5.41, 5.74) is 2.89. The van der Waals surface area contributed by atoms with E-state index in [0.717, 1.165) is 30.0 Å². The van der Waals surface area contributed by atoms with Gasteiger partial charge < -0.3 is 4.90 Å². The molecule has 108 valence electrons. The van der Waals surface area contributed by atoms with Gasteiger partial charge in [-0.3, -0.25) is 14.7 Å². The van der Waals surface area contributed by atoms with Gasteiger partial charge in [-0.15, -0.1) is 0 Å². The van der Waals surface area contributed by atoms with Crippen LogP contribution in [0.4, 0.5) is 0 Å². The first-order valence-corrected chi connectivity index (χ1v) is 7.55. The molecule has 0 N–H and O–H groups in total. The lowest BCUT2D eigenvalue weighted by atomic mass is 10.1. The van der Waals surface area contributed by atoms with E-state index in [4.69, 9.17) is 4.98 Å². The van der Waals surface area contributed by atoms with Gasteiger partial charge in [0.15, 0.2) is 0 Å². The van der Waals surface area contributed by atoms with Gasteiger partial charge in [0.25, 0.3) is 5.91 Å². The van der Waals surface area contributed by atoms with Crippen LogP contribution in [-0.2, 0) is 6.54 Å². The van der Waals surface area contributed by atoms with Crippen molar-refractivity contribution < 1.29 is 4.79 Å². The maximum absolute atomic E-state index is 12.3. The number of pyridine rings is 1. The normalized spacial score (nSPS) is 22.9. The molecule has 1 unspecified atom stereocenters. The Morgan fingerprint density at radius 3 is 2.85 bits per heavy atom. The molecular weight excluding hydrogens is 250 g/mol. The molecule has 0 spiro atoms. The number of amides is 1. The average molecular weight is 273 g/mol. The SMILES string of the molecule is CC(C)CN1Cc2nc(C3CCCN3C)ccc2C1=O. The molecule has 1 aromatic rings. The fraction of sp³-hybridized carbons (Fsp3) is 0.625. The molecule has 3 heterocycles. The predicted octanol–water partition coefficient (Wildman–Crippen LogP) is 2.46. The van der Waals surface area contributed by atoms with E-state index in [2.05, 4.69) is 25.8 Å². The van der Waals surface area contributed by atoms with Crippen LogP contribution in [0.1, 0.15) is 54.5 Å². The van der Waals surface area contributed by atoms with Crippen molar-refractivity contribution in [3.8, 4) is 0 Å². The molecule has 1 amide bonds. The zero-order chi connectivity index (χ0) is 14.3. The van der Waals surface area contributed by atoms with E-state index in [0.29, 0.717) is 18.5 Å². The Bertz CT molecular complexity index is 526. The molecule has 2 aliphatic heterocycles. The van der Waals surface area contributed by atoms with Crippen LogP contribution in [0.3, 0.4) is 0 Å². The third kappa shape index (κ3) is 2.33. The first kappa shape index (κ1) is 13.6. The lowest BCUT2D eigenvalue weighted by molar-refractivity contribution is 0.0759. The minimum Gasteiger partial charge on any atom is -0.332 e. The van der Waals surface area contributed by atoms with Gasteiger partial charge in [-0.25, -0.2) is 0 Å². The third-order valence-corrected chi connectivity index (χ3v) is 4.30. The van der Waals surface area contributed by atoms with Crippen LogP contribution in [0.25, 0.3) is 0 Å². The summed E-state index contributed by atoms with van der Waals surface area (Å²) in [5, 5.41) is 0.